The molecular weight excluding hydrogens is 392 g/mol. The predicted molar refractivity (Wildman–Crippen MR) is 122 cm³/mol. The summed E-state index contributed by atoms with van der Waals surface area (Å²) in [6.07, 6.45) is 2.46. The fraction of sp³-hybridized carbons (Fsp3) is 0.609. The summed E-state index contributed by atoms with van der Waals surface area (Å²) in [6.45, 7) is 12.3. The summed E-state index contributed by atoms with van der Waals surface area (Å²) in [6, 6.07) is 8.48. The summed E-state index contributed by atoms with van der Waals surface area (Å²) in [7, 11) is 1.73. The van der Waals surface area contributed by atoms with Gasteiger partial charge in [-0.3, -0.25) is 4.90 Å². The van der Waals surface area contributed by atoms with Crippen LogP contribution in [0, 0.1) is 0 Å². The molecular formula is C23H36N6O2. The minimum atomic E-state index is -0.171. The van der Waals surface area contributed by atoms with E-state index in [0.717, 1.165) is 37.9 Å². The second-order valence-electron chi connectivity index (χ2n) is 8.84. The van der Waals surface area contributed by atoms with E-state index >= 15 is 0 Å². The van der Waals surface area contributed by atoms with E-state index in [9.17, 15) is 0 Å². The molecule has 0 bridgehead atoms. The quantitative estimate of drug-likeness (QED) is 0.493. The van der Waals surface area contributed by atoms with E-state index < -0.39 is 0 Å². The number of guanidine groups is 1. The lowest BCUT2D eigenvalue weighted by Crippen LogP contribution is -2.42. The van der Waals surface area contributed by atoms with Crippen LogP contribution in [0.1, 0.15) is 63.9 Å². The largest absolute Gasteiger partial charge is 0.496 e. The molecule has 0 amide bonds. The molecule has 1 atom stereocenters. The normalized spacial score (nSPS) is 16.4. The van der Waals surface area contributed by atoms with Gasteiger partial charge in [-0.2, -0.15) is 4.98 Å². The molecule has 170 valence electrons. The van der Waals surface area contributed by atoms with Gasteiger partial charge in [0.05, 0.1) is 13.2 Å². The zero-order valence-corrected chi connectivity index (χ0v) is 19.4. The molecule has 2 heterocycles. The SMILES string of the molecule is CCNC(=NCc1noc(C(C)(C)C)n1)NCC(c1ccccc1OC)N1CCCC1. The summed E-state index contributed by atoms with van der Waals surface area (Å²) >= 11 is 0. The highest BCUT2D eigenvalue weighted by Crippen LogP contribution is 2.31. The highest BCUT2D eigenvalue weighted by atomic mass is 16.5. The fourth-order valence-electron chi connectivity index (χ4n) is 3.74. The van der Waals surface area contributed by atoms with Crippen molar-refractivity contribution in [2.75, 3.05) is 33.3 Å². The van der Waals surface area contributed by atoms with Gasteiger partial charge in [0.15, 0.2) is 11.8 Å². The summed E-state index contributed by atoms with van der Waals surface area (Å²) in [5.74, 6) is 2.87. The molecule has 1 aliphatic rings. The lowest BCUT2D eigenvalue weighted by atomic mass is 9.97. The van der Waals surface area contributed by atoms with E-state index in [0.29, 0.717) is 18.3 Å². The maximum Gasteiger partial charge on any atom is 0.232 e. The lowest BCUT2D eigenvalue weighted by molar-refractivity contribution is 0.239. The second-order valence-corrected chi connectivity index (χ2v) is 8.84. The smallest absolute Gasteiger partial charge is 0.232 e. The molecule has 31 heavy (non-hydrogen) atoms. The number of hydrogen-bond acceptors (Lipinski definition) is 6. The van der Waals surface area contributed by atoms with E-state index in [1.807, 2.05) is 12.1 Å². The van der Waals surface area contributed by atoms with E-state index in [-0.39, 0.29) is 11.5 Å². The molecule has 1 aromatic carbocycles. The average Bonchev–Trinajstić information content (AvgIpc) is 3.44. The van der Waals surface area contributed by atoms with E-state index in [2.05, 4.69) is 70.5 Å². The number of likely N-dealkylation sites (tertiary alicyclic amines) is 1. The minimum absolute atomic E-state index is 0.171. The van der Waals surface area contributed by atoms with Crippen molar-refractivity contribution < 1.29 is 9.26 Å². The minimum Gasteiger partial charge on any atom is -0.496 e. The number of aromatic nitrogens is 2. The number of nitrogens with zero attached hydrogens (tertiary/aromatic N) is 4. The molecule has 8 nitrogen and oxygen atoms in total. The Morgan fingerprint density at radius 1 is 1.23 bits per heavy atom. The first-order valence-electron chi connectivity index (χ1n) is 11.1. The predicted octanol–water partition coefficient (Wildman–Crippen LogP) is 3.27. The number of hydrogen-bond donors (Lipinski definition) is 2. The Bertz CT molecular complexity index is 852. The van der Waals surface area contributed by atoms with Gasteiger partial charge in [-0.15, -0.1) is 0 Å². The molecule has 3 rings (SSSR count). The molecule has 0 radical (unpaired) electrons. The van der Waals surface area contributed by atoms with E-state index in [4.69, 9.17) is 9.26 Å². The zero-order valence-electron chi connectivity index (χ0n) is 19.4. The Balaban J connectivity index is 1.72. The van der Waals surface area contributed by atoms with Crippen molar-refractivity contribution in [1.29, 1.82) is 0 Å². The molecule has 8 heteroatoms. The topological polar surface area (TPSA) is 87.8 Å². The zero-order chi connectivity index (χ0) is 22.3. The van der Waals surface area contributed by atoms with Gasteiger partial charge in [-0.1, -0.05) is 44.1 Å². The maximum atomic E-state index is 5.65. The first-order chi connectivity index (χ1) is 14.9. The van der Waals surface area contributed by atoms with Gasteiger partial charge < -0.3 is 19.9 Å². The Labute approximate surface area is 185 Å². The van der Waals surface area contributed by atoms with Crippen LogP contribution in [0.4, 0.5) is 0 Å². The maximum absolute atomic E-state index is 5.65. The molecule has 1 unspecified atom stereocenters. The number of nitrogens with one attached hydrogen (secondary N) is 2. The van der Waals surface area contributed by atoms with Crippen LogP contribution in [0.25, 0.3) is 0 Å². The average molecular weight is 429 g/mol. The van der Waals surface area contributed by atoms with Crippen LogP contribution in [0.2, 0.25) is 0 Å². The summed E-state index contributed by atoms with van der Waals surface area (Å²) in [5.41, 5.74) is 1.03. The third kappa shape index (κ3) is 6.19. The van der Waals surface area contributed by atoms with E-state index in [1.54, 1.807) is 7.11 Å². The third-order valence-electron chi connectivity index (χ3n) is 5.37. The number of aliphatic imine (C=N–C) groups is 1. The molecule has 0 spiro atoms. The van der Waals surface area contributed by atoms with Crippen molar-refractivity contribution in [2.45, 2.75) is 58.5 Å². The van der Waals surface area contributed by atoms with Crippen LogP contribution < -0.4 is 15.4 Å². The first kappa shape index (κ1) is 23.1. The lowest BCUT2D eigenvalue weighted by Gasteiger charge is -2.30. The van der Waals surface area contributed by atoms with E-state index in [1.165, 1.54) is 18.4 Å². The third-order valence-corrected chi connectivity index (χ3v) is 5.37. The molecule has 1 aliphatic heterocycles. The summed E-state index contributed by atoms with van der Waals surface area (Å²) < 4.78 is 11.0. The van der Waals surface area contributed by atoms with Crippen LogP contribution in [-0.2, 0) is 12.0 Å². The Hall–Kier alpha value is -2.61. The summed E-state index contributed by atoms with van der Waals surface area (Å²) in [5, 5.41) is 10.9. The Kier molecular flexibility index (Phi) is 7.90. The van der Waals surface area contributed by atoms with Gasteiger partial charge in [0.25, 0.3) is 0 Å². The molecule has 0 saturated carbocycles. The molecule has 1 saturated heterocycles. The van der Waals surface area contributed by atoms with Gasteiger partial charge in [0.2, 0.25) is 5.89 Å². The molecule has 0 aliphatic carbocycles. The molecule has 1 fully saturated rings. The van der Waals surface area contributed by atoms with Crippen molar-refractivity contribution in [1.82, 2.24) is 25.7 Å². The van der Waals surface area contributed by atoms with Crippen molar-refractivity contribution in [3.63, 3.8) is 0 Å². The van der Waals surface area contributed by atoms with Gasteiger partial charge in [0.1, 0.15) is 12.3 Å². The highest BCUT2D eigenvalue weighted by Gasteiger charge is 2.26. The fourth-order valence-corrected chi connectivity index (χ4v) is 3.74. The number of ether oxygens (including phenoxy) is 1. The van der Waals surface area contributed by atoms with Crippen LogP contribution >= 0.6 is 0 Å². The number of methoxy groups -OCH3 is 1. The van der Waals surface area contributed by atoms with Crippen LogP contribution in [0.15, 0.2) is 33.8 Å². The molecule has 2 aromatic rings. The molecule has 1 aromatic heterocycles. The monoisotopic (exact) mass is 428 g/mol. The number of benzene rings is 1. The number of rotatable bonds is 8. The van der Waals surface area contributed by atoms with Gasteiger partial charge in [-0.25, -0.2) is 4.99 Å². The van der Waals surface area contributed by atoms with Crippen LogP contribution in [0.5, 0.6) is 5.75 Å². The highest BCUT2D eigenvalue weighted by molar-refractivity contribution is 5.79. The second kappa shape index (κ2) is 10.6. The van der Waals surface area contributed by atoms with Crippen LogP contribution in [-0.4, -0.2) is 54.3 Å². The van der Waals surface area contributed by atoms with Crippen molar-refractivity contribution in [3.8, 4) is 5.75 Å². The molecule has 2 N–H and O–H groups in total. The standard InChI is InChI=1S/C23H36N6O2/c1-6-24-22(26-16-20-27-21(31-28-20)23(2,3)4)25-15-18(29-13-9-10-14-29)17-11-7-8-12-19(17)30-5/h7-8,11-12,18H,6,9-10,13-16H2,1-5H3,(H2,24,25,26). The first-order valence-corrected chi connectivity index (χ1v) is 11.1. The summed E-state index contributed by atoms with van der Waals surface area (Å²) in [4.78, 5) is 11.7. The Morgan fingerprint density at radius 3 is 2.61 bits per heavy atom. The van der Waals surface area contributed by atoms with Gasteiger partial charge in [-0.05, 0) is 38.9 Å². The van der Waals surface area contributed by atoms with Gasteiger partial charge in [0, 0.05) is 24.1 Å². The van der Waals surface area contributed by atoms with Gasteiger partial charge >= 0.3 is 0 Å². The number of para-hydroxylation sites is 1. The van der Waals surface area contributed by atoms with Crippen molar-refractivity contribution >= 4 is 5.96 Å². The Morgan fingerprint density at radius 2 is 1.97 bits per heavy atom. The van der Waals surface area contributed by atoms with Crippen LogP contribution in [0.3, 0.4) is 0 Å². The van der Waals surface area contributed by atoms with Crippen molar-refractivity contribution in [3.05, 3.63) is 41.5 Å². The van der Waals surface area contributed by atoms with Crippen molar-refractivity contribution in [2.24, 2.45) is 4.99 Å².